The monoisotopic (exact) mass is 527 g/mol. The largest absolute Gasteiger partial charge is 0.339 e. The number of hydrogen-bond donors (Lipinski definition) is 1. The highest BCUT2D eigenvalue weighted by Crippen LogP contribution is 2.36. The van der Waals surface area contributed by atoms with Gasteiger partial charge in [-0.3, -0.25) is 9.59 Å². The highest BCUT2D eigenvalue weighted by molar-refractivity contribution is 6.36. The van der Waals surface area contributed by atoms with Crippen molar-refractivity contribution in [3.05, 3.63) is 57.6 Å². The van der Waals surface area contributed by atoms with Crippen molar-refractivity contribution in [2.45, 2.75) is 51.5 Å². The highest BCUT2D eigenvalue weighted by Gasteiger charge is 2.36. The topological polar surface area (TPSA) is 52.7 Å². The lowest BCUT2D eigenvalue weighted by Gasteiger charge is -2.31. The Morgan fingerprint density at radius 1 is 0.917 bits per heavy atom. The fourth-order valence-corrected chi connectivity index (χ4v) is 6.49. The van der Waals surface area contributed by atoms with Crippen LogP contribution in [0.4, 0.5) is 0 Å². The molecule has 2 amide bonds. The average Bonchev–Trinajstić information content (AvgIpc) is 3.26. The minimum atomic E-state index is -0.0659. The minimum absolute atomic E-state index is 0.0659. The maximum absolute atomic E-state index is 13.1. The van der Waals surface area contributed by atoms with Crippen molar-refractivity contribution in [1.29, 1.82) is 0 Å². The average molecular weight is 529 g/mol. The zero-order valence-electron chi connectivity index (χ0n) is 20.9. The number of piperidine rings is 2. The van der Waals surface area contributed by atoms with Crippen molar-refractivity contribution in [2.75, 3.05) is 32.7 Å². The first-order chi connectivity index (χ1) is 17.4. The van der Waals surface area contributed by atoms with Crippen LogP contribution in [0, 0.1) is 11.8 Å². The minimum Gasteiger partial charge on any atom is -0.339 e. The number of amides is 2. The normalized spacial score (nSPS) is 21.9. The molecule has 36 heavy (non-hydrogen) atoms. The Morgan fingerprint density at radius 3 is 2.19 bits per heavy atom. The molecule has 0 saturated carbocycles. The molecule has 0 bridgehead atoms. The third-order valence-corrected chi connectivity index (χ3v) is 8.90. The molecule has 3 aliphatic heterocycles. The molecular weight excluding hydrogens is 493 g/mol. The summed E-state index contributed by atoms with van der Waals surface area (Å²) in [6, 6.07) is 11.9. The summed E-state index contributed by atoms with van der Waals surface area (Å²) in [4.78, 5) is 30.0. The van der Waals surface area contributed by atoms with E-state index >= 15 is 0 Å². The van der Waals surface area contributed by atoms with E-state index in [-0.39, 0.29) is 17.7 Å². The van der Waals surface area contributed by atoms with E-state index < -0.39 is 0 Å². The Bertz CT molecular complexity index is 1080. The van der Waals surface area contributed by atoms with Crippen LogP contribution in [0.15, 0.2) is 36.4 Å². The number of nitrogens with zero attached hydrogens (tertiary/aromatic N) is 2. The van der Waals surface area contributed by atoms with Gasteiger partial charge in [0, 0.05) is 47.2 Å². The fraction of sp³-hybridized carbons (Fsp3) is 0.517. The number of carbonyl (C=O) groups excluding carboxylic acids is 2. The summed E-state index contributed by atoms with van der Waals surface area (Å²) in [5, 5.41) is 4.55. The molecule has 2 aromatic carbocycles. The van der Waals surface area contributed by atoms with E-state index in [0.29, 0.717) is 34.0 Å². The van der Waals surface area contributed by atoms with Crippen LogP contribution in [0.25, 0.3) is 11.1 Å². The second kappa shape index (κ2) is 11.1. The van der Waals surface area contributed by atoms with Crippen molar-refractivity contribution < 1.29 is 9.59 Å². The van der Waals surface area contributed by atoms with E-state index in [4.69, 9.17) is 23.2 Å². The maximum atomic E-state index is 13.1. The molecule has 5 rings (SSSR count). The second-order valence-electron chi connectivity index (χ2n) is 10.7. The lowest BCUT2D eigenvalue weighted by molar-refractivity contribution is -0.133. The Kier molecular flexibility index (Phi) is 7.90. The molecule has 3 fully saturated rings. The van der Waals surface area contributed by atoms with Gasteiger partial charge in [0.05, 0.1) is 0 Å². The first-order valence-corrected chi connectivity index (χ1v) is 14.0. The molecule has 5 nitrogen and oxygen atoms in total. The molecule has 7 heteroatoms. The number of carbonyl (C=O) groups is 2. The predicted molar refractivity (Wildman–Crippen MR) is 146 cm³/mol. The van der Waals surface area contributed by atoms with Crippen LogP contribution in [-0.4, -0.2) is 60.4 Å². The van der Waals surface area contributed by atoms with Gasteiger partial charge in [0.15, 0.2) is 0 Å². The molecule has 1 atom stereocenters. The SMILES string of the molecule is CC1CCN(C(=O)c2ccc(-c3cc(Cl)c(CC4CCN(C5CCNCC5)C4=O)c(Cl)c3)cc2)CC1. The van der Waals surface area contributed by atoms with Gasteiger partial charge < -0.3 is 15.1 Å². The number of likely N-dealkylation sites (tertiary alicyclic amines) is 2. The van der Waals surface area contributed by atoms with Gasteiger partial charge in [-0.2, -0.15) is 0 Å². The van der Waals surface area contributed by atoms with E-state index in [1.165, 1.54) is 0 Å². The molecule has 0 spiro atoms. The van der Waals surface area contributed by atoms with E-state index in [9.17, 15) is 9.59 Å². The van der Waals surface area contributed by atoms with Gasteiger partial charge in [0.2, 0.25) is 5.91 Å². The van der Waals surface area contributed by atoms with Crippen LogP contribution < -0.4 is 5.32 Å². The first-order valence-electron chi connectivity index (χ1n) is 13.3. The van der Waals surface area contributed by atoms with Crippen molar-refractivity contribution in [1.82, 2.24) is 15.1 Å². The van der Waals surface area contributed by atoms with E-state index in [1.807, 2.05) is 41.3 Å². The lowest BCUT2D eigenvalue weighted by Crippen LogP contribution is -2.44. The quantitative estimate of drug-likeness (QED) is 0.544. The molecule has 2 aromatic rings. The Labute approximate surface area is 224 Å². The summed E-state index contributed by atoms with van der Waals surface area (Å²) < 4.78 is 0. The number of rotatable bonds is 5. The van der Waals surface area contributed by atoms with Crippen molar-refractivity contribution in [3.8, 4) is 11.1 Å². The number of halogens is 2. The molecule has 3 saturated heterocycles. The van der Waals surface area contributed by atoms with Crippen LogP contribution in [0.2, 0.25) is 10.0 Å². The van der Waals surface area contributed by atoms with Gasteiger partial charge in [-0.15, -0.1) is 0 Å². The summed E-state index contributed by atoms with van der Waals surface area (Å²) in [6.07, 6.45) is 5.60. The van der Waals surface area contributed by atoms with E-state index in [2.05, 4.69) is 17.1 Å². The molecule has 1 N–H and O–H groups in total. The van der Waals surface area contributed by atoms with Gasteiger partial charge >= 0.3 is 0 Å². The highest BCUT2D eigenvalue weighted by atomic mass is 35.5. The Morgan fingerprint density at radius 2 is 1.56 bits per heavy atom. The van der Waals surface area contributed by atoms with E-state index in [1.54, 1.807) is 0 Å². The third kappa shape index (κ3) is 5.44. The van der Waals surface area contributed by atoms with Gasteiger partial charge in [-0.05, 0) is 98.5 Å². The number of hydrogen-bond acceptors (Lipinski definition) is 3. The zero-order valence-corrected chi connectivity index (χ0v) is 22.5. The van der Waals surface area contributed by atoms with Gasteiger partial charge in [-0.1, -0.05) is 42.3 Å². The van der Waals surface area contributed by atoms with Crippen molar-refractivity contribution in [3.63, 3.8) is 0 Å². The molecule has 0 radical (unpaired) electrons. The summed E-state index contributed by atoms with van der Waals surface area (Å²) in [5.74, 6) is 0.957. The van der Waals surface area contributed by atoms with Crippen LogP contribution in [0.1, 0.15) is 54.9 Å². The molecule has 0 aliphatic carbocycles. The van der Waals surface area contributed by atoms with Gasteiger partial charge in [0.1, 0.15) is 0 Å². The fourth-order valence-electron chi connectivity index (χ4n) is 5.84. The van der Waals surface area contributed by atoms with Crippen molar-refractivity contribution >= 4 is 35.0 Å². The molecule has 3 aliphatic rings. The second-order valence-corrected chi connectivity index (χ2v) is 11.5. The lowest BCUT2D eigenvalue weighted by atomic mass is 9.95. The molecule has 0 aromatic heterocycles. The summed E-state index contributed by atoms with van der Waals surface area (Å²) >= 11 is 13.4. The summed E-state index contributed by atoms with van der Waals surface area (Å²) in [6.45, 7) is 6.67. The zero-order chi connectivity index (χ0) is 25.2. The third-order valence-electron chi connectivity index (χ3n) is 8.23. The number of benzene rings is 2. The predicted octanol–water partition coefficient (Wildman–Crippen LogP) is 5.68. The Hall–Kier alpha value is -2.08. The van der Waals surface area contributed by atoms with Crippen molar-refractivity contribution in [2.24, 2.45) is 11.8 Å². The van der Waals surface area contributed by atoms with Crippen LogP contribution in [0.3, 0.4) is 0 Å². The molecule has 192 valence electrons. The smallest absolute Gasteiger partial charge is 0.253 e. The van der Waals surface area contributed by atoms with Gasteiger partial charge in [-0.25, -0.2) is 0 Å². The first kappa shape index (κ1) is 25.6. The van der Waals surface area contributed by atoms with Gasteiger partial charge in [0.25, 0.3) is 5.91 Å². The molecule has 1 unspecified atom stereocenters. The van der Waals surface area contributed by atoms with E-state index in [0.717, 1.165) is 81.5 Å². The maximum Gasteiger partial charge on any atom is 0.253 e. The molecule has 3 heterocycles. The van der Waals surface area contributed by atoms with Crippen LogP contribution in [0.5, 0.6) is 0 Å². The number of nitrogens with one attached hydrogen (secondary N) is 1. The standard InChI is InChI=1S/C29H35Cl2N3O2/c1-19-8-13-33(14-9-19)28(35)21-4-2-20(3-5-21)23-17-26(30)25(27(31)18-23)16-22-10-15-34(29(22)36)24-6-11-32-12-7-24/h2-5,17-19,22,24,32H,6-16H2,1H3. The summed E-state index contributed by atoms with van der Waals surface area (Å²) in [5.41, 5.74) is 3.43. The van der Waals surface area contributed by atoms with Crippen LogP contribution >= 0.6 is 23.2 Å². The Balaban J connectivity index is 1.26. The molecular formula is C29H35Cl2N3O2. The summed E-state index contributed by atoms with van der Waals surface area (Å²) in [7, 11) is 0. The van der Waals surface area contributed by atoms with Crippen LogP contribution in [-0.2, 0) is 11.2 Å².